The van der Waals surface area contributed by atoms with E-state index in [4.69, 9.17) is 4.42 Å². The second-order valence-corrected chi connectivity index (χ2v) is 3.97. The summed E-state index contributed by atoms with van der Waals surface area (Å²) in [5.41, 5.74) is 2.02. The predicted molar refractivity (Wildman–Crippen MR) is 64.9 cm³/mol. The van der Waals surface area contributed by atoms with Gasteiger partial charge in [-0.3, -0.25) is 0 Å². The maximum atomic E-state index is 10.4. The molecule has 0 unspecified atom stereocenters. The number of hydrogen-bond donors (Lipinski definition) is 0. The number of aldehydes is 1. The second-order valence-electron chi connectivity index (χ2n) is 3.97. The zero-order valence-corrected chi connectivity index (χ0v) is 9.85. The van der Waals surface area contributed by atoms with Crippen molar-refractivity contribution in [2.75, 3.05) is 0 Å². The Kier molecular flexibility index (Phi) is 3.70. The van der Waals surface area contributed by atoms with Gasteiger partial charge in [0.2, 0.25) is 0 Å². The highest BCUT2D eigenvalue weighted by Crippen LogP contribution is 2.12. The lowest BCUT2D eigenvalue weighted by Crippen LogP contribution is -1.93. The van der Waals surface area contributed by atoms with E-state index < -0.39 is 0 Å². The highest BCUT2D eigenvalue weighted by molar-refractivity contribution is 5.54. The van der Waals surface area contributed by atoms with Gasteiger partial charge in [-0.2, -0.15) is 0 Å². The first-order chi connectivity index (χ1) is 8.29. The summed E-state index contributed by atoms with van der Waals surface area (Å²) in [4.78, 5) is 14.8. The second kappa shape index (κ2) is 5.43. The van der Waals surface area contributed by atoms with Crippen LogP contribution in [0.3, 0.4) is 0 Å². The van der Waals surface area contributed by atoms with Gasteiger partial charge in [0.05, 0.1) is 5.69 Å². The maximum Gasteiger partial charge on any atom is 0.194 e. The average molecular weight is 229 g/mol. The molecule has 0 atom stereocenters. The fraction of sp³-hybridized carbons (Fsp3) is 0.286. The normalized spacial score (nSPS) is 10.4. The molecule has 0 spiro atoms. The van der Waals surface area contributed by atoms with Crippen LogP contribution in [0.25, 0.3) is 0 Å². The Morgan fingerprint density at radius 2 is 2.00 bits per heavy atom. The Morgan fingerprint density at radius 1 is 1.24 bits per heavy atom. The monoisotopic (exact) mass is 229 g/mol. The van der Waals surface area contributed by atoms with Gasteiger partial charge in [0, 0.05) is 12.8 Å². The molecule has 0 aliphatic rings. The first-order valence-corrected chi connectivity index (χ1v) is 5.72. The van der Waals surface area contributed by atoms with Gasteiger partial charge in [-0.25, -0.2) is 4.98 Å². The van der Waals surface area contributed by atoms with Crippen LogP contribution in [0.15, 0.2) is 34.7 Å². The van der Waals surface area contributed by atoms with Crippen molar-refractivity contribution < 1.29 is 9.21 Å². The topological polar surface area (TPSA) is 43.1 Å². The van der Waals surface area contributed by atoms with Crippen LogP contribution in [-0.2, 0) is 24.1 Å². The van der Waals surface area contributed by atoms with E-state index in [2.05, 4.69) is 17.1 Å². The molecule has 2 aromatic rings. The number of rotatable bonds is 5. The zero-order valence-electron chi connectivity index (χ0n) is 9.85. The molecule has 0 fully saturated rings. The van der Waals surface area contributed by atoms with Crippen LogP contribution in [-0.4, -0.2) is 11.3 Å². The molecule has 0 amide bonds. The molecule has 0 N–H and O–H groups in total. The fourth-order valence-corrected chi connectivity index (χ4v) is 1.76. The molecule has 0 saturated carbocycles. The number of hydrogen-bond acceptors (Lipinski definition) is 3. The quantitative estimate of drug-likeness (QED) is 0.740. The van der Waals surface area contributed by atoms with Gasteiger partial charge in [0.15, 0.2) is 5.89 Å². The van der Waals surface area contributed by atoms with Gasteiger partial charge in [-0.15, -0.1) is 0 Å². The summed E-state index contributed by atoms with van der Waals surface area (Å²) in [5.74, 6) is 1.46. The van der Waals surface area contributed by atoms with Crippen molar-refractivity contribution in [3.05, 3.63) is 53.2 Å². The minimum atomic E-state index is 0.334. The lowest BCUT2D eigenvalue weighted by molar-refractivity contribution is -0.107. The standard InChI is InChI=1S/C14H15NO2/c1-11-13(9-10-16)15-14(17-11)8-7-12-5-3-2-4-6-12/h2-6,10H,7-9H2,1H3. The van der Waals surface area contributed by atoms with Crippen molar-refractivity contribution in [3.8, 4) is 0 Å². The van der Waals surface area contributed by atoms with Crippen molar-refractivity contribution in [2.24, 2.45) is 0 Å². The molecule has 1 aromatic carbocycles. The molecule has 88 valence electrons. The Balaban J connectivity index is 2.00. The van der Waals surface area contributed by atoms with Crippen LogP contribution in [0.1, 0.15) is 22.9 Å². The lowest BCUT2D eigenvalue weighted by Gasteiger charge is -1.97. The van der Waals surface area contributed by atoms with Gasteiger partial charge in [-0.05, 0) is 18.9 Å². The molecule has 17 heavy (non-hydrogen) atoms. The molecule has 3 nitrogen and oxygen atoms in total. The largest absolute Gasteiger partial charge is 0.446 e. The fourth-order valence-electron chi connectivity index (χ4n) is 1.76. The number of carbonyl (C=O) groups excluding carboxylic acids is 1. The summed E-state index contributed by atoms with van der Waals surface area (Å²) in [6.07, 6.45) is 2.86. The molecule has 0 radical (unpaired) electrons. The summed E-state index contributed by atoms with van der Waals surface area (Å²) in [7, 11) is 0. The number of nitrogens with zero attached hydrogens (tertiary/aromatic N) is 1. The highest BCUT2D eigenvalue weighted by atomic mass is 16.4. The van der Waals surface area contributed by atoms with E-state index >= 15 is 0 Å². The van der Waals surface area contributed by atoms with E-state index in [1.807, 2.05) is 25.1 Å². The molecule has 0 aliphatic carbocycles. The number of carbonyl (C=O) groups is 1. The summed E-state index contributed by atoms with van der Waals surface area (Å²) >= 11 is 0. The van der Waals surface area contributed by atoms with E-state index in [9.17, 15) is 4.79 Å². The lowest BCUT2D eigenvalue weighted by atomic mass is 10.1. The van der Waals surface area contributed by atoms with Crippen LogP contribution >= 0.6 is 0 Å². The molecule has 1 heterocycles. The molecule has 0 saturated heterocycles. The highest BCUT2D eigenvalue weighted by Gasteiger charge is 2.08. The third kappa shape index (κ3) is 3.03. The summed E-state index contributed by atoms with van der Waals surface area (Å²) in [6, 6.07) is 10.2. The Morgan fingerprint density at radius 3 is 2.71 bits per heavy atom. The SMILES string of the molecule is Cc1oc(CCc2ccccc2)nc1CC=O. The van der Waals surface area contributed by atoms with E-state index in [1.54, 1.807) is 0 Å². The van der Waals surface area contributed by atoms with Crippen LogP contribution < -0.4 is 0 Å². The molecule has 0 aliphatic heterocycles. The first kappa shape index (κ1) is 11.6. The molecule has 0 bridgehead atoms. The van der Waals surface area contributed by atoms with Crippen molar-refractivity contribution in [2.45, 2.75) is 26.2 Å². The third-order valence-corrected chi connectivity index (χ3v) is 2.68. The Labute approximate surface area is 100 Å². The zero-order chi connectivity index (χ0) is 12.1. The van der Waals surface area contributed by atoms with Gasteiger partial charge in [0.1, 0.15) is 12.0 Å². The van der Waals surface area contributed by atoms with Crippen LogP contribution in [0, 0.1) is 6.92 Å². The molecule has 1 aromatic heterocycles. The van der Waals surface area contributed by atoms with Crippen LogP contribution in [0.5, 0.6) is 0 Å². The summed E-state index contributed by atoms with van der Waals surface area (Å²) in [5, 5.41) is 0. The summed E-state index contributed by atoms with van der Waals surface area (Å²) < 4.78 is 5.52. The maximum absolute atomic E-state index is 10.4. The van der Waals surface area contributed by atoms with Gasteiger partial charge in [0.25, 0.3) is 0 Å². The Hall–Kier alpha value is -1.90. The number of aromatic nitrogens is 1. The molecule has 3 heteroatoms. The molecule has 2 rings (SSSR count). The van der Waals surface area contributed by atoms with Gasteiger partial charge >= 0.3 is 0 Å². The Bertz CT molecular complexity index is 488. The third-order valence-electron chi connectivity index (χ3n) is 2.68. The van der Waals surface area contributed by atoms with Gasteiger partial charge < -0.3 is 9.21 Å². The number of oxazole rings is 1. The van der Waals surface area contributed by atoms with E-state index in [0.29, 0.717) is 12.3 Å². The van der Waals surface area contributed by atoms with Crippen LogP contribution in [0.2, 0.25) is 0 Å². The van der Waals surface area contributed by atoms with E-state index in [0.717, 1.165) is 30.6 Å². The van der Waals surface area contributed by atoms with Crippen molar-refractivity contribution >= 4 is 6.29 Å². The van der Waals surface area contributed by atoms with Crippen molar-refractivity contribution in [1.82, 2.24) is 4.98 Å². The number of benzene rings is 1. The van der Waals surface area contributed by atoms with E-state index in [-0.39, 0.29) is 0 Å². The summed E-state index contributed by atoms with van der Waals surface area (Å²) in [6.45, 7) is 1.85. The number of aryl methyl sites for hydroxylation is 3. The van der Waals surface area contributed by atoms with Crippen molar-refractivity contribution in [3.63, 3.8) is 0 Å². The van der Waals surface area contributed by atoms with Crippen molar-refractivity contribution in [1.29, 1.82) is 0 Å². The predicted octanol–water partition coefficient (Wildman–Crippen LogP) is 2.51. The van der Waals surface area contributed by atoms with Gasteiger partial charge in [-0.1, -0.05) is 30.3 Å². The smallest absolute Gasteiger partial charge is 0.194 e. The molecular weight excluding hydrogens is 214 g/mol. The van der Waals surface area contributed by atoms with E-state index in [1.165, 1.54) is 5.56 Å². The molecular formula is C14H15NO2. The minimum absolute atomic E-state index is 0.334. The average Bonchev–Trinajstić information content (AvgIpc) is 2.70. The van der Waals surface area contributed by atoms with Crippen LogP contribution in [0.4, 0.5) is 0 Å². The minimum Gasteiger partial charge on any atom is -0.446 e. The first-order valence-electron chi connectivity index (χ1n) is 5.72.